The molecule has 0 amide bonds. The molecule has 5 aliphatic carbocycles. The van der Waals surface area contributed by atoms with E-state index in [4.69, 9.17) is 28.4 Å². The number of aliphatic hydroxyl groups is 11. The van der Waals surface area contributed by atoms with E-state index >= 15 is 0 Å². The number of rotatable bonds is 9. The van der Waals surface area contributed by atoms with Crippen molar-refractivity contribution in [3.8, 4) is 0 Å². The molecule has 378 valence electrons. The van der Waals surface area contributed by atoms with Gasteiger partial charge in [0.05, 0.1) is 31.3 Å². The van der Waals surface area contributed by atoms with E-state index in [1.807, 2.05) is 0 Å². The average molecular weight is 943 g/mol. The zero-order chi connectivity index (χ0) is 48.3. The fraction of sp³-hybridized carbons (Fsp3) is 0.938. The standard InChI is InChI=1S/C48H78O18/c1-43(2)14-16-48(42(60)66-41-38(59)35(56)32(53)26(64-41)21-61-39-36(57)33(54)30(51)24(19-49)62-39)17-15-46(6)22(23(48)18-43)8-9-28-45(5)12-11-29(44(3,4)27(45)10-13-47(28,46)7)65-40-37(58)34(55)31(52)25(20-50)63-40/h8,23-41,49-59H,9-21H2,1-7H3. The van der Waals surface area contributed by atoms with Crippen molar-refractivity contribution >= 4 is 5.97 Å². The molecule has 18 nitrogen and oxygen atoms in total. The van der Waals surface area contributed by atoms with E-state index in [1.165, 1.54) is 5.57 Å². The molecule has 8 rings (SSSR count). The molecule has 0 aromatic rings. The Kier molecular flexibility index (Phi) is 13.9. The average Bonchev–Trinajstić information content (AvgIpc) is 3.26. The number of aliphatic hydroxyl groups excluding tert-OH is 11. The second kappa shape index (κ2) is 18.0. The molecule has 0 aromatic carbocycles. The van der Waals surface area contributed by atoms with Gasteiger partial charge in [0.1, 0.15) is 73.2 Å². The van der Waals surface area contributed by atoms with Gasteiger partial charge in [-0.25, -0.2) is 0 Å². The second-order valence-corrected chi connectivity index (χ2v) is 23.5. The molecular formula is C48H78O18. The normalized spacial score (nSPS) is 53.3. The van der Waals surface area contributed by atoms with Crippen molar-refractivity contribution in [1.82, 2.24) is 0 Å². The maximum Gasteiger partial charge on any atom is 0.315 e. The van der Waals surface area contributed by atoms with E-state index in [-0.39, 0.29) is 45.0 Å². The van der Waals surface area contributed by atoms with Gasteiger partial charge in [-0.05, 0) is 109 Å². The van der Waals surface area contributed by atoms with Crippen molar-refractivity contribution < 1.29 is 89.4 Å². The highest BCUT2D eigenvalue weighted by Gasteiger charge is 2.70. The Morgan fingerprint density at radius 3 is 1.79 bits per heavy atom. The minimum Gasteiger partial charge on any atom is -0.432 e. The molecular weight excluding hydrogens is 865 g/mol. The zero-order valence-corrected chi connectivity index (χ0v) is 39.5. The Balaban J connectivity index is 1.01. The summed E-state index contributed by atoms with van der Waals surface area (Å²) in [4.78, 5) is 15.0. The van der Waals surface area contributed by atoms with Crippen LogP contribution in [-0.2, 0) is 33.2 Å². The van der Waals surface area contributed by atoms with Crippen molar-refractivity contribution in [3.05, 3.63) is 11.6 Å². The molecule has 11 N–H and O–H groups in total. The number of hydrogen-bond acceptors (Lipinski definition) is 18. The molecule has 0 radical (unpaired) electrons. The third-order valence-electron chi connectivity index (χ3n) is 19.3. The van der Waals surface area contributed by atoms with Crippen molar-refractivity contribution in [2.75, 3.05) is 19.8 Å². The summed E-state index contributed by atoms with van der Waals surface area (Å²) in [7, 11) is 0. The first kappa shape index (κ1) is 50.9. The summed E-state index contributed by atoms with van der Waals surface area (Å²) in [5, 5.41) is 115. The van der Waals surface area contributed by atoms with E-state index in [0.29, 0.717) is 25.2 Å². The number of carbonyl (C=O) groups excluding carboxylic acids is 1. The minimum atomic E-state index is -1.80. The van der Waals surface area contributed by atoms with Gasteiger partial charge >= 0.3 is 5.97 Å². The predicted molar refractivity (Wildman–Crippen MR) is 230 cm³/mol. The number of carbonyl (C=O) groups is 1. The maximum atomic E-state index is 15.0. The molecule has 0 spiro atoms. The highest BCUT2D eigenvalue weighted by Crippen LogP contribution is 2.76. The van der Waals surface area contributed by atoms with Crippen molar-refractivity contribution in [3.63, 3.8) is 0 Å². The lowest BCUT2D eigenvalue weighted by Gasteiger charge is -2.71. The summed E-state index contributed by atoms with van der Waals surface area (Å²) >= 11 is 0. The first-order chi connectivity index (χ1) is 30.8. The van der Waals surface area contributed by atoms with Crippen LogP contribution in [-0.4, -0.2) is 180 Å². The first-order valence-electron chi connectivity index (χ1n) is 24.3. The monoisotopic (exact) mass is 943 g/mol. The van der Waals surface area contributed by atoms with Gasteiger partial charge in [-0.2, -0.15) is 0 Å². The van der Waals surface area contributed by atoms with Gasteiger partial charge in [0.2, 0.25) is 6.29 Å². The fourth-order valence-electron chi connectivity index (χ4n) is 14.9. The quantitative estimate of drug-likeness (QED) is 0.0833. The smallest absolute Gasteiger partial charge is 0.315 e. The fourth-order valence-corrected chi connectivity index (χ4v) is 14.9. The van der Waals surface area contributed by atoms with Gasteiger partial charge < -0.3 is 84.6 Å². The number of fused-ring (bicyclic) bond motifs is 7. The van der Waals surface area contributed by atoms with E-state index in [2.05, 4.69) is 54.5 Å². The van der Waals surface area contributed by atoms with Crippen LogP contribution in [0.4, 0.5) is 0 Å². The largest absolute Gasteiger partial charge is 0.432 e. The molecule has 66 heavy (non-hydrogen) atoms. The predicted octanol–water partition coefficient (Wildman–Crippen LogP) is 0.141. The lowest BCUT2D eigenvalue weighted by Crippen LogP contribution is -2.66. The third-order valence-corrected chi connectivity index (χ3v) is 19.3. The molecule has 8 aliphatic rings. The highest BCUT2D eigenvalue weighted by atomic mass is 16.7. The zero-order valence-electron chi connectivity index (χ0n) is 39.5. The molecule has 4 saturated carbocycles. The number of ether oxygens (including phenoxy) is 6. The molecule has 0 aromatic heterocycles. The van der Waals surface area contributed by atoms with Crippen LogP contribution in [0.2, 0.25) is 0 Å². The lowest BCUT2D eigenvalue weighted by molar-refractivity contribution is -0.330. The first-order valence-corrected chi connectivity index (χ1v) is 24.3. The van der Waals surface area contributed by atoms with Gasteiger partial charge in [0, 0.05) is 0 Å². The Labute approximate surface area is 387 Å². The van der Waals surface area contributed by atoms with Crippen molar-refractivity contribution in [2.45, 2.75) is 211 Å². The van der Waals surface area contributed by atoms with E-state index in [1.54, 1.807) is 0 Å². The van der Waals surface area contributed by atoms with Crippen LogP contribution in [0.1, 0.15) is 113 Å². The highest BCUT2D eigenvalue weighted by molar-refractivity contribution is 5.79. The van der Waals surface area contributed by atoms with E-state index < -0.39 is 123 Å². The Bertz CT molecular complexity index is 1790. The van der Waals surface area contributed by atoms with Gasteiger partial charge in [-0.1, -0.05) is 60.1 Å². The topological polar surface area (TPSA) is 295 Å². The summed E-state index contributed by atoms with van der Waals surface area (Å²) in [5.41, 5.74) is -0.655. The summed E-state index contributed by atoms with van der Waals surface area (Å²) < 4.78 is 35.4. The van der Waals surface area contributed by atoms with Gasteiger partial charge in [-0.15, -0.1) is 0 Å². The molecule has 7 fully saturated rings. The van der Waals surface area contributed by atoms with Crippen molar-refractivity contribution in [2.24, 2.45) is 50.2 Å². The van der Waals surface area contributed by atoms with Crippen LogP contribution in [0.15, 0.2) is 11.6 Å². The van der Waals surface area contributed by atoms with Crippen LogP contribution < -0.4 is 0 Å². The summed E-state index contributed by atoms with van der Waals surface area (Å²) in [6.45, 7) is 14.4. The van der Waals surface area contributed by atoms with E-state index in [9.17, 15) is 61.0 Å². The molecule has 3 saturated heterocycles. The molecule has 0 bridgehead atoms. The number of hydrogen-bond donors (Lipinski definition) is 11. The van der Waals surface area contributed by atoms with Crippen LogP contribution in [0.25, 0.3) is 0 Å². The van der Waals surface area contributed by atoms with Gasteiger partial charge in [0.25, 0.3) is 0 Å². The van der Waals surface area contributed by atoms with Crippen LogP contribution in [0.3, 0.4) is 0 Å². The van der Waals surface area contributed by atoms with Crippen LogP contribution in [0, 0.1) is 50.2 Å². The van der Waals surface area contributed by atoms with Gasteiger partial charge in [0.15, 0.2) is 12.6 Å². The summed E-state index contributed by atoms with van der Waals surface area (Å²) in [6, 6.07) is 0. The minimum absolute atomic E-state index is 0.0910. The summed E-state index contributed by atoms with van der Waals surface area (Å²) in [5.74, 6) is -0.202. The number of allylic oxidation sites excluding steroid dienone is 2. The van der Waals surface area contributed by atoms with Gasteiger partial charge in [-0.3, -0.25) is 4.79 Å². The molecule has 23 atom stereocenters. The SMILES string of the molecule is CC1(C)CCC2(C(=O)OC3OC(COC4OC(CO)C(O)C(O)C4O)C(O)C(O)C3O)CCC3(C)C(=CCC4C5(C)CCC(OC6OC(CO)C(O)C(O)C6O)C(C)(C)C5CCC43C)C2C1. The lowest BCUT2D eigenvalue weighted by atomic mass is 9.33. The molecule has 3 aliphatic heterocycles. The number of esters is 1. The molecule has 18 heteroatoms. The Morgan fingerprint density at radius 2 is 1.17 bits per heavy atom. The molecule has 23 unspecified atom stereocenters. The Hall–Kier alpha value is -1.43. The van der Waals surface area contributed by atoms with Crippen LogP contribution in [0.5, 0.6) is 0 Å². The van der Waals surface area contributed by atoms with Crippen LogP contribution >= 0.6 is 0 Å². The van der Waals surface area contributed by atoms with E-state index in [0.717, 1.165) is 44.9 Å². The van der Waals surface area contributed by atoms with Crippen molar-refractivity contribution in [1.29, 1.82) is 0 Å². The Morgan fingerprint density at radius 1 is 0.621 bits per heavy atom. The third kappa shape index (κ3) is 7.96. The maximum absolute atomic E-state index is 15.0. The second-order valence-electron chi connectivity index (χ2n) is 23.5. The summed E-state index contributed by atoms with van der Waals surface area (Å²) in [6.07, 6.45) is -13.4. The molecule has 3 heterocycles.